The summed E-state index contributed by atoms with van der Waals surface area (Å²) in [5.41, 5.74) is 0.483. The molecule has 3 aromatic rings. The third-order valence-corrected chi connectivity index (χ3v) is 6.17. The van der Waals surface area contributed by atoms with Crippen LogP contribution in [0.4, 0.5) is 26.1 Å². The second kappa shape index (κ2) is 7.88. The maximum absolute atomic E-state index is 13.6. The number of anilines is 3. The average Bonchev–Trinajstić information content (AvgIpc) is 3.19. The molecule has 11 heteroatoms. The Morgan fingerprint density at radius 2 is 2.06 bits per heavy atom. The Balaban J connectivity index is 1.46. The first-order valence-corrected chi connectivity index (χ1v) is 10.6. The summed E-state index contributed by atoms with van der Waals surface area (Å²) in [6, 6.07) is 4.34. The fourth-order valence-corrected chi connectivity index (χ4v) is 4.01. The summed E-state index contributed by atoms with van der Waals surface area (Å²) < 4.78 is 29.8. The zero-order valence-corrected chi connectivity index (χ0v) is 17.4. The fourth-order valence-electron chi connectivity index (χ4n) is 4.01. The molecule has 3 N–H and O–H groups in total. The predicted octanol–water partition coefficient (Wildman–Crippen LogP) is 2.58. The summed E-state index contributed by atoms with van der Waals surface area (Å²) in [6.45, 7) is 0. The lowest BCUT2D eigenvalue weighted by Crippen LogP contribution is -2.48. The standard InChI is InChI=1S/C21H23F2N7O2/c1-24-18-9-17(26-16-3-2-6-29(21(16)32)12-7-11(22)8-12)28-19-13(10-25-30(18)19)20(31)27-15-5-4-14(15)23/h2-3,6,9-12,14-15,24H,4-5,7-8H2,1H3,(H,26,28)(H,27,31)/t11-,12-,14-,15?/m1/s1. The highest BCUT2D eigenvalue weighted by molar-refractivity contribution is 6.00. The van der Waals surface area contributed by atoms with Gasteiger partial charge in [0.2, 0.25) is 0 Å². The van der Waals surface area contributed by atoms with Crippen molar-refractivity contribution in [3.63, 3.8) is 0 Å². The molecule has 3 heterocycles. The van der Waals surface area contributed by atoms with Crippen molar-refractivity contribution in [2.24, 2.45) is 0 Å². The number of amides is 1. The topological polar surface area (TPSA) is 105 Å². The van der Waals surface area contributed by atoms with E-state index in [1.165, 1.54) is 15.3 Å². The molecule has 0 spiro atoms. The first-order chi connectivity index (χ1) is 15.4. The van der Waals surface area contributed by atoms with Crippen LogP contribution >= 0.6 is 0 Å². The minimum Gasteiger partial charge on any atom is -0.373 e. The molecule has 9 nitrogen and oxygen atoms in total. The van der Waals surface area contributed by atoms with Crippen molar-refractivity contribution in [3.8, 4) is 0 Å². The summed E-state index contributed by atoms with van der Waals surface area (Å²) in [5, 5.41) is 12.9. The van der Waals surface area contributed by atoms with Gasteiger partial charge in [-0.05, 0) is 37.8 Å². The molecule has 32 heavy (non-hydrogen) atoms. The first kappa shape index (κ1) is 20.4. The van der Waals surface area contributed by atoms with Gasteiger partial charge in [0.25, 0.3) is 11.5 Å². The number of nitrogens with one attached hydrogen (secondary N) is 3. The third kappa shape index (κ3) is 3.47. The molecule has 2 saturated carbocycles. The van der Waals surface area contributed by atoms with Gasteiger partial charge in [-0.3, -0.25) is 9.59 Å². The molecular formula is C21H23F2N7O2. The number of halogens is 2. The Hall–Kier alpha value is -3.50. The average molecular weight is 443 g/mol. The van der Waals surface area contributed by atoms with Crippen LogP contribution in [0, 0.1) is 0 Å². The van der Waals surface area contributed by atoms with Crippen LogP contribution in [-0.4, -0.2) is 50.5 Å². The lowest BCUT2D eigenvalue weighted by Gasteiger charge is -2.31. The second-order valence-electron chi connectivity index (χ2n) is 8.23. The van der Waals surface area contributed by atoms with Gasteiger partial charge in [-0.25, -0.2) is 13.8 Å². The smallest absolute Gasteiger partial charge is 0.274 e. The molecule has 3 aromatic heterocycles. The maximum atomic E-state index is 13.6. The minimum atomic E-state index is -1.04. The van der Waals surface area contributed by atoms with Crippen molar-refractivity contribution in [2.45, 2.75) is 50.1 Å². The van der Waals surface area contributed by atoms with Gasteiger partial charge in [0.05, 0.1) is 12.2 Å². The van der Waals surface area contributed by atoms with Gasteiger partial charge in [0.1, 0.15) is 35.2 Å². The largest absolute Gasteiger partial charge is 0.373 e. The molecule has 0 aromatic carbocycles. The van der Waals surface area contributed by atoms with Crippen LogP contribution in [0.3, 0.4) is 0 Å². The monoisotopic (exact) mass is 443 g/mol. The van der Waals surface area contributed by atoms with Gasteiger partial charge < -0.3 is 20.5 Å². The molecular weight excluding hydrogens is 420 g/mol. The van der Waals surface area contributed by atoms with Crippen LogP contribution in [0.5, 0.6) is 0 Å². The summed E-state index contributed by atoms with van der Waals surface area (Å²) >= 11 is 0. The van der Waals surface area contributed by atoms with E-state index in [1.54, 1.807) is 31.4 Å². The zero-order chi connectivity index (χ0) is 22.4. The van der Waals surface area contributed by atoms with Crippen LogP contribution < -0.4 is 21.5 Å². The predicted molar refractivity (Wildman–Crippen MR) is 115 cm³/mol. The van der Waals surface area contributed by atoms with Crippen molar-refractivity contribution in [2.75, 3.05) is 17.7 Å². The molecule has 168 valence electrons. The highest BCUT2D eigenvalue weighted by Crippen LogP contribution is 2.33. The first-order valence-electron chi connectivity index (χ1n) is 10.6. The van der Waals surface area contributed by atoms with Gasteiger partial charge in [-0.15, -0.1) is 0 Å². The van der Waals surface area contributed by atoms with Crippen molar-refractivity contribution >= 4 is 28.9 Å². The van der Waals surface area contributed by atoms with Gasteiger partial charge >= 0.3 is 0 Å². The van der Waals surface area contributed by atoms with E-state index >= 15 is 0 Å². The Labute approximate surface area is 181 Å². The number of carbonyl (C=O) groups excluding carboxylic acids is 1. The number of hydrogen-bond acceptors (Lipinski definition) is 6. The van der Waals surface area contributed by atoms with Crippen LogP contribution in [0.15, 0.2) is 35.4 Å². The summed E-state index contributed by atoms with van der Waals surface area (Å²) in [5.74, 6) is 0.418. The van der Waals surface area contributed by atoms with Crippen LogP contribution in [0.2, 0.25) is 0 Å². The van der Waals surface area contributed by atoms with Gasteiger partial charge in [0, 0.05) is 25.4 Å². The second-order valence-corrected chi connectivity index (χ2v) is 8.23. The van der Waals surface area contributed by atoms with Gasteiger partial charge in [-0.2, -0.15) is 9.61 Å². The number of pyridine rings is 1. The normalized spacial score (nSPS) is 24.5. The van der Waals surface area contributed by atoms with Crippen LogP contribution in [0.25, 0.3) is 5.65 Å². The molecule has 0 radical (unpaired) electrons. The van der Waals surface area contributed by atoms with E-state index < -0.39 is 24.3 Å². The van der Waals surface area contributed by atoms with Crippen LogP contribution in [0.1, 0.15) is 42.1 Å². The van der Waals surface area contributed by atoms with Crippen molar-refractivity contribution < 1.29 is 13.6 Å². The van der Waals surface area contributed by atoms with Gasteiger partial charge in [0.15, 0.2) is 5.65 Å². The van der Waals surface area contributed by atoms with E-state index in [-0.39, 0.29) is 28.5 Å². The number of alkyl halides is 2. The van der Waals surface area contributed by atoms with E-state index in [9.17, 15) is 18.4 Å². The van der Waals surface area contributed by atoms with Crippen molar-refractivity contribution in [1.82, 2.24) is 24.5 Å². The number of aromatic nitrogens is 4. The molecule has 0 bridgehead atoms. The van der Waals surface area contributed by atoms with E-state index in [0.29, 0.717) is 37.3 Å². The van der Waals surface area contributed by atoms with Crippen molar-refractivity contribution in [1.29, 1.82) is 0 Å². The number of fused-ring (bicyclic) bond motifs is 1. The highest BCUT2D eigenvalue weighted by Gasteiger charge is 2.33. The Morgan fingerprint density at radius 3 is 2.72 bits per heavy atom. The lowest BCUT2D eigenvalue weighted by molar-refractivity contribution is 0.0826. The molecule has 0 saturated heterocycles. The minimum absolute atomic E-state index is 0.154. The maximum Gasteiger partial charge on any atom is 0.274 e. The quantitative estimate of drug-likeness (QED) is 0.541. The van der Waals surface area contributed by atoms with E-state index in [1.807, 2.05) is 0 Å². The molecule has 2 aliphatic rings. The van der Waals surface area contributed by atoms with Gasteiger partial charge in [-0.1, -0.05) is 0 Å². The number of carbonyl (C=O) groups is 1. The highest BCUT2D eigenvalue weighted by atomic mass is 19.1. The summed E-state index contributed by atoms with van der Waals surface area (Å²) in [4.78, 5) is 30.0. The van der Waals surface area contributed by atoms with Crippen molar-refractivity contribution in [3.05, 3.63) is 46.5 Å². The molecule has 2 aliphatic carbocycles. The number of nitrogens with zero attached hydrogens (tertiary/aromatic N) is 4. The molecule has 2 fully saturated rings. The molecule has 1 unspecified atom stereocenters. The third-order valence-electron chi connectivity index (χ3n) is 6.17. The molecule has 0 aliphatic heterocycles. The van der Waals surface area contributed by atoms with E-state index in [0.717, 1.165) is 0 Å². The summed E-state index contributed by atoms with van der Waals surface area (Å²) in [7, 11) is 1.70. The molecule has 5 rings (SSSR count). The van der Waals surface area contributed by atoms with E-state index in [2.05, 4.69) is 26.0 Å². The number of hydrogen-bond donors (Lipinski definition) is 3. The Morgan fingerprint density at radius 1 is 1.25 bits per heavy atom. The Kier molecular flexibility index (Phi) is 5.03. The van der Waals surface area contributed by atoms with E-state index in [4.69, 9.17) is 0 Å². The fraction of sp³-hybridized carbons (Fsp3) is 0.429. The Bertz CT molecular complexity index is 1230. The molecule has 2 atom stereocenters. The van der Waals surface area contributed by atoms with Crippen LogP contribution in [-0.2, 0) is 0 Å². The molecule has 1 amide bonds. The SMILES string of the molecule is CNc1cc(Nc2cccn([C@H]3C[C@H](F)C3)c2=O)nc2c(C(=O)NC3CC[C@H]3F)cnn12. The lowest BCUT2D eigenvalue weighted by atomic mass is 9.90. The zero-order valence-electron chi connectivity index (χ0n) is 17.4. The number of rotatable bonds is 6. The summed E-state index contributed by atoms with van der Waals surface area (Å²) in [6.07, 6.45) is 2.81.